The van der Waals surface area contributed by atoms with E-state index in [-0.39, 0.29) is 5.91 Å². The Kier molecular flexibility index (Phi) is 6.09. The fourth-order valence-electron chi connectivity index (χ4n) is 2.39. The van der Waals surface area contributed by atoms with Crippen molar-refractivity contribution in [3.63, 3.8) is 0 Å². The number of benzene rings is 2. The van der Waals surface area contributed by atoms with Gasteiger partial charge in [0.05, 0.1) is 10.0 Å². The Morgan fingerprint density at radius 2 is 2.04 bits per heavy atom. The van der Waals surface area contributed by atoms with Crippen molar-refractivity contribution in [2.75, 3.05) is 5.32 Å². The van der Waals surface area contributed by atoms with Crippen LogP contribution in [-0.2, 0) is 11.2 Å². The molecule has 6 heteroatoms. The van der Waals surface area contributed by atoms with Crippen molar-refractivity contribution in [2.24, 2.45) is 0 Å². The van der Waals surface area contributed by atoms with Crippen molar-refractivity contribution in [1.29, 1.82) is 0 Å². The Bertz CT molecular complexity index is 966. The molecular weight excluding hydrogens is 387 g/mol. The highest BCUT2D eigenvalue weighted by molar-refractivity contribution is 7.15. The topological polar surface area (TPSA) is 42.0 Å². The number of carbonyl (C=O) groups excluding carboxylic acids is 1. The van der Waals surface area contributed by atoms with Gasteiger partial charge < -0.3 is 0 Å². The lowest BCUT2D eigenvalue weighted by Gasteiger charge is -2.01. The van der Waals surface area contributed by atoms with Crippen LogP contribution in [0.4, 0.5) is 5.13 Å². The lowest BCUT2D eigenvalue weighted by atomic mass is 10.1. The molecule has 0 atom stereocenters. The highest BCUT2D eigenvalue weighted by Gasteiger charge is 2.07. The summed E-state index contributed by atoms with van der Waals surface area (Å²) in [6.07, 6.45) is 5.73. The number of nitrogens with zero attached hydrogens (tertiary/aromatic N) is 1. The predicted molar refractivity (Wildman–Crippen MR) is 110 cm³/mol. The van der Waals surface area contributed by atoms with Crippen LogP contribution in [0.1, 0.15) is 21.6 Å². The summed E-state index contributed by atoms with van der Waals surface area (Å²) in [4.78, 5) is 17.3. The van der Waals surface area contributed by atoms with E-state index >= 15 is 0 Å². The third kappa shape index (κ3) is 5.18. The van der Waals surface area contributed by atoms with Gasteiger partial charge in [0.1, 0.15) is 0 Å². The lowest BCUT2D eigenvalue weighted by Crippen LogP contribution is -2.07. The summed E-state index contributed by atoms with van der Waals surface area (Å²) in [5.41, 5.74) is 3.18. The van der Waals surface area contributed by atoms with Crippen molar-refractivity contribution in [1.82, 2.24) is 4.98 Å². The third-order valence-electron chi connectivity index (χ3n) is 3.62. The molecule has 0 aliphatic carbocycles. The van der Waals surface area contributed by atoms with Crippen LogP contribution in [0.2, 0.25) is 10.0 Å². The zero-order chi connectivity index (χ0) is 18.5. The molecule has 0 saturated carbocycles. The Morgan fingerprint density at radius 3 is 2.81 bits per heavy atom. The van der Waals surface area contributed by atoms with Gasteiger partial charge >= 0.3 is 0 Å². The van der Waals surface area contributed by atoms with Gasteiger partial charge in [-0.3, -0.25) is 10.1 Å². The number of rotatable bonds is 5. The van der Waals surface area contributed by atoms with Crippen LogP contribution in [0.25, 0.3) is 6.08 Å². The van der Waals surface area contributed by atoms with Crippen LogP contribution >= 0.6 is 34.5 Å². The second kappa shape index (κ2) is 8.49. The number of carbonyl (C=O) groups is 1. The molecule has 26 heavy (non-hydrogen) atoms. The minimum atomic E-state index is -0.207. The minimum absolute atomic E-state index is 0.207. The molecule has 0 saturated heterocycles. The van der Waals surface area contributed by atoms with Crippen molar-refractivity contribution in [3.8, 4) is 0 Å². The van der Waals surface area contributed by atoms with Crippen LogP contribution in [0.15, 0.2) is 54.7 Å². The molecular formula is C20H16Cl2N2OS. The Labute approximate surface area is 166 Å². The zero-order valence-electron chi connectivity index (χ0n) is 14.0. The SMILES string of the molecule is Cc1cccc(/C=C\C(=O)Nc2ncc(Cc3ccc(Cl)c(Cl)c3)s2)c1. The Morgan fingerprint density at radius 1 is 1.19 bits per heavy atom. The first kappa shape index (κ1) is 18.6. The molecule has 3 aromatic rings. The van der Waals surface area contributed by atoms with Gasteiger partial charge in [0.25, 0.3) is 0 Å². The van der Waals surface area contributed by atoms with Gasteiger partial charge in [-0.15, -0.1) is 11.3 Å². The van der Waals surface area contributed by atoms with Gasteiger partial charge in [-0.2, -0.15) is 0 Å². The van der Waals surface area contributed by atoms with E-state index < -0.39 is 0 Å². The molecule has 0 radical (unpaired) electrons. The van der Waals surface area contributed by atoms with E-state index in [4.69, 9.17) is 23.2 Å². The minimum Gasteiger partial charge on any atom is -0.298 e. The van der Waals surface area contributed by atoms with Gasteiger partial charge in [0.2, 0.25) is 5.91 Å². The largest absolute Gasteiger partial charge is 0.298 e. The van der Waals surface area contributed by atoms with Crippen LogP contribution in [0.5, 0.6) is 0 Å². The van der Waals surface area contributed by atoms with Crippen molar-refractivity contribution in [3.05, 3.63) is 86.4 Å². The van der Waals surface area contributed by atoms with E-state index in [0.29, 0.717) is 21.6 Å². The maximum atomic E-state index is 12.1. The summed E-state index contributed by atoms with van der Waals surface area (Å²) in [6, 6.07) is 13.5. The predicted octanol–water partition coefficient (Wildman–Crippen LogP) is 6.00. The smallest absolute Gasteiger partial charge is 0.250 e. The summed E-state index contributed by atoms with van der Waals surface area (Å²) in [7, 11) is 0. The monoisotopic (exact) mass is 402 g/mol. The van der Waals surface area contributed by atoms with Crippen molar-refractivity contribution >= 4 is 51.7 Å². The normalized spacial score (nSPS) is 11.0. The number of aromatic nitrogens is 1. The lowest BCUT2D eigenvalue weighted by molar-refractivity contribution is -0.111. The first-order valence-electron chi connectivity index (χ1n) is 7.94. The molecule has 3 rings (SSSR count). The zero-order valence-corrected chi connectivity index (χ0v) is 16.3. The number of amides is 1. The van der Waals surface area contributed by atoms with E-state index in [1.807, 2.05) is 43.3 Å². The van der Waals surface area contributed by atoms with Crippen LogP contribution < -0.4 is 5.32 Å². The summed E-state index contributed by atoms with van der Waals surface area (Å²) < 4.78 is 0. The molecule has 0 unspecified atom stereocenters. The molecule has 2 aromatic carbocycles. The highest BCUT2D eigenvalue weighted by atomic mass is 35.5. The van der Waals surface area contributed by atoms with E-state index in [1.165, 1.54) is 17.4 Å². The quantitative estimate of drug-likeness (QED) is 0.531. The maximum Gasteiger partial charge on any atom is 0.250 e. The molecule has 0 bridgehead atoms. The number of anilines is 1. The number of hydrogen-bond acceptors (Lipinski definition) is 3. The second-order valence-electron chi connectivity index (χ2n) is 5.79. The van der Waals surface area contributed by atoms with Crippen LogP contribution in [-0.4, -0.2) is 10.9 Å². The first-order valence-corrected chi connectivity index (χ1v) is 9.51. The summed E-state index contributed by atoms with van der Waals surface area (Å²) in [5.74, 6) is -0.207. The van der Waals surface area contributed by atoms with Crippen molar-refractivity contribution in [2.45, 2.75) is 13.3 Å². The number of aryl methyl sites for hydroxylation is 1. The van der Waals surface area contributed by atoms with E-state index in [2.05, 4.69) is 10.3 Å². The number of thiazole rings is 1. The van der Waals surface area contributed by atoms with Gasteiger partial charge in [0, 0.05) is 23.6 Å². The Hall–Kier alpha value is -2.14. The van der Waals surface area contributed by atoms with Crippen LogP contribution in [0.3, 0.4) is 0 Å². The Balaban J connectivity index is 1.60. The fraction of sp³-hybridized carbons (Fsp3) is 0.100. The maximum absolute atomic E-state index is 12.1. The van der Waals surface area contributed by atoms with Crippen LogP contribution in [0, 0.1) is 6.92 Å². The average Bonchev–Trinajstić information content (AvgIpc) is 3.03. The molecule has 1 amide bonds. The van der Waals surface area contributed by atoms with Gasteiger partial charge in [-0.1, -0.05) is 59.1 Å². The summed E-state index contributed by atoms with van der Waals surface area (Å²) in [6.45, 7) is 2.02. The number of halogens is 2. The molecule has 0 spiro atoms. The molecule has 0 aliphatic heterocycles. The standard InChI is InChI=1S/C20H16Cl2N2OS/c1-13-3-2-4-14(9-13)6-8-19(25)24-20-23-12-16(26-20)10-15-5-7-17(21)18(22)11-15/h2-9,11-12H,10H2,1H3,(H,23,24,25)/b8-6-. The average molecular weight is 403 g/mol. The molecule has 1 heterocycles. The van der Waals surface area contributed by atoms with Gasteiger partial charge in [0.15, 0.2) is 5.13 Å². The van der Waals surface area contributed by atoms with E-state index in [1.54, 1.807) is 18.3 Å². The first-order chi connectivity index (χ1) is 12.5. The highest BCUT2D eigenvalue weighted by Crippen LogP contribution is 2.26. The summed E-state index contributed by atoms with van der Waals surface area (Å²) >= 11 is 13.4. The summed E-state index contributed by atoms with van der Waals surface area (Å²) in [5, 5.41) is 4.42. The van der Waals surface area contributed by atoms with E-state index in [0.717, 1.165) is 21.6 Å². The third-order valence-corrected chi connectivity index (χ3v) is 5.27. The molecule has 0 aliphatic rings. The van der Waals surface area contributed by atoms with E-state index in [9.17, 15) is 4.79 Å². The molecule has 1 aromatic heterocycles. The number of nitrogens with one attached hydrogen (secondary N) is 1. The molecule has 0 fully saturated rings. The van der Waals surface area contributed by atoms with Crippen molar-refractivity contribution < 1.29 is 4.79 Å². The van der Waals surface area contributed by atoms with Gasteiger partial charge in [-0.05, 0) is 36.3 Å². The molecule has 132 valence electrons. The fourth-order valence-corrected chi connectivity index (χ4v) is 3.56. The second-order valence-corrected chi connectivity index (χ2v) is 7.72. The number of hydrogen-bond donors (Lipinski definition) is 1. The molecule has 3 nitrogen and oxygen atoms in total. The van der Waals surface area contributed by atoms with Gasteiger partial charge in [-0.25, -0.2) is 4.98 Å². The molecule has 1 N–H and O–H groups in total.